The SMILES string of the molecule is Cc1cc(CBr)ncc1CBr. The average molecular weight is 279 g/mol. The van der Waals surface area contributed by atoms with Gasteiger partial charge in [-0.15, -0.1) is 0 Å². The van der Waals surface area contributed by atoms with Gasteiger partial charge in [-0.3, -0.25) is 4.98 Å². The molecule has 0 aliphatic heterocycles. The number of hydrogen-bond acceptors (Lipinski definition) is 1. The molecule has 0 saturated carbocycles. The first-order valence-corrected chi connectivity index (χ1v) is 5.58. The predicted molar refractivity (Wildman–Crippen MR) is 54.2 cm³/mol. The Morgan fingerprint density at radius 2 is 2.09 bits per heavy atom. The molecule has 0 aliphatic carbocycles. The minimum absolute atomic E-state index is 0.830. The second kappa shape index (κ2) is 4.21. The highest BCUT2D eigenvalue weighted by Crippen LogP contribution is 2.12. The van der Waals surface area contributed by atoms with Gasteiger partial charge in [-0.05, 0) is 24.1 Å². The molecule has 0 saturated heterocycles. The van der Waals surface area contributed by atoms with Gasteiger partial charge in [0.15, 0.2) is 0 Å². The molecular formula is C8H9Br2N. The highest BCUT2D eigenvalue weighted by Gasteiger charge is 1.98. The van der Waals surface area contributed by atoms with Gasteiger partial charge in [0.2, 0.25) is 0 Å². The Balaban J connectivity index is 2.99. The van der Waals surface area contributed by atoms with Gasteiger partial charge in [0.05, 0.1) is 5.69 Å². The normalized spacial score (nSPS) is 10.1. The van der Waals surface area contributed by atoms with E-state index in [2.05, 4.69) is 49.8 Å². The van der Waals surface area contributed by atoms with Gasteiger partial charge in [-0.1, -0.05) is 31.9 Å². The Morgan fingerprint density at radius 3 is 2.55 bits per heavy atom. The number of alkyl halides is 2. The Bertz CT molecular complexity index is 248. The number of rotatable bonds is 2. The summed E-state index contributed by atoms with van der Waals surface area (Å²) in [7, 11) is 0. The molecule has 0 atom stereocenters. The largest absolute Gasteiger partial charge is 0.260 e. The lowest BCUT2D eigenvalue weighted by Crippen LogP contribution is -1.91. The van der Waals surface area contributed by atoms with Crippen molar-refractivity contribution in [3.63, 3.8) is 0 Å². The molecule has 0 N–H and O–H groups in total. The summed E-state index contributed by atoms with van der Waals surface area (Å²) in [5.41, 5.74) is 3.65. The van der Waals surface area contributed by atoms with E-state index in [4.69, 9.17) is 0 Å². The number of pyridine rings is 1. The van der Waals surface area contributed by atoms with Crippen molar-refractivity contribution >= 4 is 31.9 Å². The summed E-state index contributed by atoms with van der Waals surface area (Å²) in [5, 5.41) is 1.71. The van der Waals surface area contributed by atoms with Crippen LogP contribution in [0.3, 0.4) is 0 Å². The monoisotopic (exact) mass is 277 g/mol. The molecule has 0 aliphatic rings. The third-order valence-electron chi connectivity index (χ3n) is 1.56. The van der Waals surface area contributed by atoms with Crippen molar-refractivity contribution in [3.8, 4) is 0 Å². The highest BCUT2D eigenvalue weighted by atomic mass is 79.9. The first-order chi connectivity index (χ1) is 5.27. The van der Waals surface area contributed by atoms with Crippen LogP contribution in [0.2, 0.25) is 0 Å². The van der Waals surface area contributed by atoms with Crippen molar-refractivity contribution in [3.05, 3.63) is 29.1 Å². The maximum atomic E-state index is 4.25. The van der Waals surface area contributed by atoms with E-state index >= 15 is 0 Å². The van der Waals surface area contributed by atoms with E-state index in [1.807, 2.05) is 6.20 Å². The molecule has 1 aromatic heterocycles. The number of aromatic nitrogens is 1. The van der Waals surface area contributed by atoms with Gasteiger partial charge in [0, 0.05) is 16.9 Å². The molecule has 0 spiro atoms. The summed E-state index contributed by atoms with van der Waals surface area (Å²) in [4.78, 5) is 4.25. The van der Waals surface area contributed by atoms with Gasteiger partial charge < -0.3 is 0 Å². The van der Waals surface area contributed by atoms with Crippen LogP contribution < -0.4 is 0 Å². The molecule has 0 aromatic carbocycles. The number of halogens is 2. The molecule has 0 unspecified atom stereocenters. The summed E-state index contributed by atoms with van der Waals surface area (Å²) in [6, 6.07) is 2.10. The van der Waals surface area contributed by atoms with E-state index in [-0.39, 0.29) is 0 Å². The van der Waals surface area contributed by atoms with Crippen LogP contribution in [0.15, 0.2) is 12.3 Å². The number of aryl methyl sites for hydroxylation is 1. The number of nitrogens with zero attached hydrogens (tertiary/aromatic N) is 1. The molecule has 60 valence electrons. The van der Waals surface area contributed by atoms with Crippen LogP contribution in [0, 0.1) is 6.92 Å². The van der Waals surface area contributed by atoms with Gasteiger partial charge in [-0.2, -0.15) is 0 Å². The molecule has 1 rings (SSSR count). The smallest absolute Gasteiger partial charge is 0.0511 e. The Kier molecular flexibility index (Phi) is 3.52. The Hall–Kier alpha value is 0.110. The molecule has 0 radical (unpaired) electrons. The zero-order valence-electron chi connectivity index (χ0n) is 6.27. The third kappa shape index (κ3) is 2.27. The van der Waals surface area contributed by atoms with Crippen molar-refractivity contribution < 1.29 is 0 Å². The van der Waals surface area contributed by atoms with Crippen LogP contribution in [0.25, 0.3) is 0 Å². The summed E-state index contributed by atoms with van der Waals surface area (Å²) < 4.78 is 0. The quantitative estimate of drug-likeness (QED) is 0.758. The molecule has 1 heterocycles. The topological polar surface area (TPSA) is 12.9 Å². The number of hydrogen-bond donors (Lipinski definition) is 0. The average Bonchev–Trinajstić information content (AvgIpc) is 2.04. The van der Waals surface area contributed by atoms with E-state index in [9.17, 15) is 0 Å². The van der Waals surface area contributed by atoms with E-state index < -0.39 is 0 Å². The summed E-state index contributed by atoms with van der Waals surface area (Å²) in [6.07, 6.45) is 1.92. The first kappa shape index (κ1) is 9.20. The van der Waals surface area contributed by atoms with Gasteiger partial charge in [-0.25, -0.2) is 0 Å². The summed E-state index contributed by atoms with van der Waals surface area (Å²) >= 11 is 6.77. The third-order valence-corrected chi connectivity index (χ3v) is 2.74. The van der Waals surface area contributed by atoms with E-state index in [1.165, 1.54) is 11.1 Å². The molecule has 0 bridgehead atoms. The van der Waals surface area contributed by atoms with Crippen LogP contribution in [0.4, 0.5) is 0 Å². The first-order valence-electron chi connectivity index (χ1n) is 3.34. The van der Waals surface area contributed by atoms with Crippen LogP contribution >= 0.6 is 31.9 Å². The fraction of sp³-hybridized carbons (Fsp3) is 0.375. The molecule has 0 fully saturated rings. The minimum Gasteiger partial charge on any atom is -0.260 e. The maximum absolute atomic E-state index is 4.25. The molecule has 0 amide bonds. The lowest BCUT2D eigenvalue weighted by Gasteiger charge is -2.02. The van der Waals surface area contributed by atoms with Crippen molar-refractivity contribution in [2.24, 2.45) is 0 Å². The van der Waals surface area contributed by atoms with Crippen LogP contribution in [-0.4, -0.2) is 4.98 Å². The van der Waals surface area contributed by atoms with E-state index in [0.717, 1.165) is 16.4 Å². The molecule has 1 aromatic rings. The zero-order chi connectivity index (χ0) is 8.27. The van der Waals surface area contributed by atoms with Gasteiger partial charge in [0.25, 0.3) is 0 Å². The fourth-order valence-corrected chi connectivity index (χ4v) is 1.75. The second-order valence-electron chi connectivity index (χ2n) is 2.37. The lowest BCUT2D eigenvalue weighted by atomic mass is 10.2. The molecule has 11 heavy (non-hydrogen) atoms. The molecular weight excluding hydrogens is 270 g/mol. The standard InChI is InChI=1S/C8H9Br2N/c1-6-2-8(4-10)11-5-7(6)3-9/h2,5H,3-4H2,1H3. The lowest BCUT2D eigenvalue weighted by molar-refractivity contribution is 1.12. The second-order valence-corrected chi connectivity index (χ2v) is 3.49. The van der Waals surface area contributed by atoms with Gasteiger partial charge >= 0.3 is 0 Å². The van der Waals surface area contributed by atoms with E-state index in [1.54, 1.807) is 0 Å². The Labute approximate surface area is 83.5 Å². The predicted octanol–water partition coefficient (Wildman–Crippen LogP) is 3.18. The maximum Gasteiger partial charge on any atom is 0.0511 e. The summed E-state index contributed by atoms with van der Waals surface area (Å²) in [6.45, 7) is 2.10. The zero-order valence-corrected chi connectivity index (χ0v) is 9.44. The van der Waals surface area contributed by atoms with Crippen molar-refractivity contribution in [2.75, 3.05) is 0 Å². The summed E-state index contributed by atoms with van der Waals surface area (Å²) in [5.74, 6) is 0. The minimum atomic E-state index is 0.830. The van der Waals surface area contributed by atoms with Crippen molar-refractivity contribution in [1.29, 1.82) is 0 Å². The highest BCUT2D eigenvalue weighted by molar-refractivity contribution is 9.08. The van der Waals surface area contributed by atoms with Crippen molar-refractivity contribution in [2.45, 2.75) is 17.6 Å². The fourth-order valence-electron chi connectivity index (χ4n) is 0.856. The molecule has 3 heteroatoms. The van der Waals surface area contributed by atoms with Crippen LogP contribution in [0.5, 0.6) is 0 Å². The van der Waals surface area contributed by atoms with Gasteiger partial charge in [0.1, 0.15) is 0 Å². The Morgan fingerprint density at radius 1 is 1.36 bits per heavy atom. The van der Waals surface area contributed by atoms with Crippen LogP contribution in [0.1, 0.15) is 16.8 Å². The molecule has 1 nitrogen and oxygen atoms in total. The van der Waals surface area contributed by atoms with E-state index in [0.29, 0.717) is 0 Å². The van der Waals surface area contributed by atoms with Crippen molar-refractivity contribution in [1.82, 2.24) is 4.98 Å². The van der Waals surface area contributed by atoms with Crippen LogP contribution in [-0.2, 0) is 10.7 Å².